The van der Waals surface area contributed by atoms with E-state index in [9.17, 15) is 10.2 Å². The van der Waals surface area contributed by atoms with Crippen LogP contribution in [-0.4, -0.2) is 10.2 Å². The normalized spacial score (nSPS) is 10.5. The molecular formula is C16H19NO2. The fraction of sp³-hybridized carbons (Fsp3) is 0.250. The van der Waals surface area contributed by atoms with Gasteiger partial charge in [-0.25, -0.2) is 0 Å². The third kappa shape index (κ3) is 3.06. The number of phenolic OH excluding ortho intramolecular Hbond substituents is 1. The van der Waals surface area contributed by atoms with E-state index < -0.39 is 0 Å². The number of anilines is 1. The summed E-state index contributed by atoms with van der Waals surface area (Å²) in [5, 5.41) is 22.4. The Hall–Kier alpha value is -2.00. The van der Waals surface area contributed by atoms with Gasteiger partial charge in [0.25, 0.3) is 0 Å². The maximum absolute atomic E-state index is 9.93. The molecule has 0 fully saturated rings. The molecule has 3 heteroatoms. The van der Waals surface area contributed by atoms with Crippen molar-refractivity contribution < 1.29 is 10.2 Å². The number of nitrogens with one attached hydrogen (secondary N) is 1. The van der Waals surface area contributed by atoms with Gasteiger partial charge in [-0.1, -0.05) is 24.3 Å². The van der Waals surface area contributed by atoms with E-state index in [4.69, 9.17) is 0 Å². The average Bonchev–Trinajstić information content (AvgIpc) is 2.41. The second kappa shape index (κ2) is 5.76. The first-order valence-corrected chi connectivity index (χ1v) is 6.33. The maximum atomic E-state index is 9.93. The summed E-state index contributed by atoms with van der Waals surface area (Å²) in [6, 6.07) is 11.4. The molecule has 0 aromatic heterocycles. The summed E-state index contributed by atoms with van der Waals surface area (Å²) in [4.78, 5) is 0. The Balaban J connectivity index is 2.17. The van der Waals surface area contributed by atoms with Crippen LogP contribution in [-0.2, 0) is 13.2 Å². The number of hydrogen-bond acceptors (Lipinski definition) is 3. The van der Waals surface area contributed by atoms with Gasteiger partial charge in [-0.2, -0.15) is 0 Å². The Bertz CT molecular complexity index is 579. The number of phenols is 1. The van der Waals surface area contributed by atoms with Crippen LogP contribution in [0.25, 0.3) is 0 Å². The minimum atomic E-state index is 0.00206. The number of aryl methyl sites for hydroxylation is 2. The maximum Gasteiger partial charge on any atom is 0.120 e. The number of hydrogen-bond donors (Lipinski definition) is 3. The molecule has 0 bridgehead atoms. The highest BCUT2D eigenvalue weighted by Crippen LogP contribution is 2.23. The van der Waals surface area contributed by atoms with E-state index in [0.717, 1.165) is 27.9 Å². The van der Waals surface area contributed by atoms with Crippen molar-refractivity contribution in [2.75, 3.05) is 5.32 Å². The number of benzene rings is 2. The van der Waals surface area contributed by atoms with E-state index in [-0.39, 0.29) is 6.61 Å². The van der Waals surface area contributed by atoms with Crippen molar-refractivity contribution in [3.05, 3.63) is 58.7 Å². The van der Waals surface area contributed by atoms with Gasteiger partial charge in [0.2, 0.25) is 0 Å². The Morgan fingerprint density at radius 3 is 2.42 bits per heavy atom. The summed E-state index contributed by atoms with van der Waals surface area (Å²) < 4.78 is 0. The highest BCUT2D eigenvalue weighted by Gasteiger charge is 2.05. The van der Waals surface area contributed by atoms with Crippen LogP contribution >= 0.6 is 0 Å². The lowest BCUT2D eigenvalue weighted by Gasteiger charge is -2.13. The molecule has 0 amide bonds. The second-order valence-electron chi connectivity index (χ2n) is 4.73. The van der Waals surface area contributed by atoms with Crippen LogP contribution < -0.4 is 5.32 Å². The molecule has 0 saturated heterocycles. The Morgan fingerprint density at radius 2 is 1.68 bits per heavy atom. The molecular weight excluding hydrogens is 238 g/mol. The number of aliphatic hydroxyl groups is 1. The van der Waals surface area contributed by atoms with Crippen molar-refractivity contribution in [3.8, 4) is 5.75 Å². The summed E-state index contributed by atoms with van der Waals surface area (Å²) in [6.45, 7) is 4.54. The van der Waals surface area contributed by atoms with Gasteiger partial charge in [0.1, 0.15) is 5.75 Å². The predicted molar refractivity (Wildman–Crippen MR) is 77.3 cm³/mol. The smallest absolute Gasteiger partial charge is 0.120 e. The molecule has 2 aromatic carbocycles. The first-order chi connectivity index (χ1) is 9.11. The van der Waals surface area contributed by atoms with Gasteiger partial charge >= 0.3 is 0 Å². The van der Waals surface area contributed by atoms with Crippen LogP contribution in [0, 0.1) is 13.8 Å². The fourth-order valence-corrected chi connectivity index (χ4v) is 2.02. The van der Waals surface area contributed by atoms with E-state index in [1.165, 1.54) is 0 Å². The molecule has 0 heterocycles. The molecule has 3 N–H and O–H groups in total. The van der Waals surface area contributed by atoms with Crippen molar-refractivity contribution >= 4 is 5.69 Å². The molecule has 0 atom stereocenters. The van der Waals surface area contributed by atoms with Gasteiger partial charge in [0.05, 0.1) is 6.61 Å². The second-order valence-corrected chi connectivity index (χ2v) is 4.73. The fourth-order valence-electron chi connectivity index (χ4n) is 2.02. The summed E-state index contributed by atoms with van der Waals surface area (Å²) in [5.74, 6) is 0.303. The zero-order valence-electron chi connectivity index (χ0n) is 11.3. The van der Waals surface area contributed by atoms with Crippen LogP contribution in [0.4, 0.5) is 5.69 Å². The lowest BCUT2D eigenvalue weighted by molar-refractivity contribution is 0.282. The monoisotopic (exact) mass is 257 g/mol. The van der Waals surface area contributed by atoms with Gasteiger partial charge in [-0.05, 0) is 37.1 Å². The number of aromatic hydroxyl groups is 1. The molecule has 2 aromatic rings. The summed E-state index contributed by atoms with van der Waals surface area (Å²) in [7, 11) is 0. The van der Waals surface area contributed by atoms with Crippen molar-refractivity contribution in [2.45, 2.75) is 27.0 Å². The third-order valence-electron chi connectivity index (χ3n) is 3.35. The Morgan fingerprint density at radius 1 is 1.00 bits per heavy atom. The number of para-hydroxylation sites is 1. The third-order valence-corrected chi connectivity index (χ3v) is 3.35. The minimum Gasteiger partial charge on any atom is -0.508 e. The predicted octanol–water partition coefficient (Wildman–Crippen LogP) is 3.11. The molecule has 0 aliphatic rings. The van der Waals surface area contributed by atoms with Crippen molar-refractivity contribution in [2.24, 2.45) is 0 Å². The molecule has 100 valence electrons. The van der Waals surface area contributed by atoms with Crippen LogP contribution in [0.5, 0.6) is 5.75 Å². The Kier molecular flexibility index (Phi) is 4.07. The van der Waals surface area contributed by atoms with Crippen LogP contribution in [0.1, 0.15) is 22.3 Å². The topological polar surface area (TPSA) is 52.5 Å². The first-order valence-electron chi connectivity index (χ1n) is 6.33. The average molecular weight is 257 g/mol. The van der Waals surface area contributed by atoms with Crippen molar-refractivity contribution in [1.82, 2.24) is 0 Å². The molecule has 2 rings (SSSR count). The molecule has 0 radical (unpaired) electrons. The number of rotatable bonds is 4. The SMILES string of the molecule is Cc1cc(O)c(CNc2ccccc2CO)cc1C. The molecule has 0 aliphatic heterocycles. The lowest BCUT2D eigenvalue weighted by atomic mass is 10.0. The lowest BCUT2D eigenvalue weighted by Crippen LogP contribution is -2.03. The van der Waals surface area contributed by atoms with E-state index in [0.29, 0.717) is 12.3 Å². The quantitative estimate of drug-likeness (QED) is 0.788. The van der Waals surface area contributed by atoms with E-state index in [2.05, 4.69) is 5.32 Å². The van der Waals surface area contributed by atoms with Crippen molar-refractivity contribution in [1.29, 1.82) is 0 Å². The molecule has 0 spiro atoms. The first kappa shape index (κ1) is 13.4. The summed E-state index contributed by atoms with van der Waals surface area (Å²) in [6.07, 6.45) is 0. The number of aliphatic hydroxyl groups excluding tert-OH is 1. The highest BCUT2D eigenvalue weighted by molar-refractivity contribution is 5.52. The van der Waals surface area contributed by atoms with E-state index >= 15 is 0 Å². The van der Waals surface area contributed by atoms with Crippen LogP contribution in [0.3, 0.4) is 0 Å². The van der Waals surface area contributed by atoms with Gasteiger partial charge in [-0.3, -0.25) is 0 Å². The van der Waals surface area contributed by atoms with Crippen LogP contribution in [0.2, 0.25) is 0 Å². The van der Waals surface area contributed by atoms with Gasteiger partial charge < -0.3 is 15.5 Å². The van der Waals surface area contributed by atoms with Crippen molar-refractivity contribution in [3.63, 3.8) is 0 Å². The van der Waals surface area contributed by atoms with Crippen LogP contribution in [0.15, 0.2) is 36.4 Å². The largest absolute Gasteiger partial charge is 0.508 e. The zero-order valence-corrected chi connectivity index (χ0v) is 11.3. The summed E-state index contributed by atoms with van der Waals surface area (Å²) >= 11 is 0. The Labute approximate surface area is 113 Å². The van der Waals surface area contributed by atoms with Gasteiger partial charge in [0, 0.05) is 23.4 Å². The van der Waals surface area contributed by atoms with E-state index in [1.807, 2.05) is 44.2 Å². The molecule has 3 nitrogen and oxygen atoms in total. The van der Waals surface area contributed by atoms with Gasteiger partial charge in [0.15, 0.2) is 0 Å². The standard InChI is InChI=1S/C16H19NO2/c1-11-7-14(16(19)8-12(11)2)9-17-15-6-4-3-5-13(15)10-18/h3-8,17-19H,9-10H2,1-2H3. The van der Waals surface area contributed by atoms with E-state index in [1.54, 1.807) is 6.07 Å². The van der Waals surface area contributed by atoms with Gasteiger partial charge in [-0.15, -0.1) is 0 Å². The molecule has 0 saturated carbocycles. The zero-order chi connectivity index (χ0) is 13.8. The molecule has 0 aliphatic carbocycles. The molecule has 19 heavy (non-hydrogen) atoms. The summed E-state index contributed by atoms with van der Waals surface area (Å²) in [5.41, 5.74) is 4.84. The minimum absolute atomic E-state index is 0.00206. The molecule has 0 unspecified atom stereocenters. The highest BCUT2D eigenvalue weighted by atomic mass is 16.3.